The number of carbonyl (C=O) groups is 1. The predicted molar refractivity (Wildman–Crippen MR) is 162 cm³/mol. The van der Waals surface area contributed by atoms with Crippen LogP contribution in [-0.2, 0) is 33.8 Å². The van der Waals surface area contributed by atoms with Gasteiger partial charge in [0.15, 0.2) is 0 Å². The molecule has 0 unspecified atom stereocenters. The zero-order chi connectivity index (χ0) is 29.1. The standard InChI is InChI=1S/C34H43N3O4/c1-22-10-11-30(40-21-24-17-23(2)28-19-35-14-12-25(28)18-24)27(16-22)29-8-7-9-32(36-29)37-15-13-26(31(20-37)39-6)33(38)41-34(3,4)5/h7-11,16-18,26,31,35H,12-15,19-21H2,1-6H3/t26-,31+/m1/s1. The van der Waals surface area contributed by atoms with Crippen molar-refractivity contribution < 1.29 is 19.0 Å². The van der Waals surface area contributed by atoms with Crippen LogP contribution in [0.25, 0.3) is 11.3 Å². The first kappa shape index (κ1) is 29.1. The number of esters is 1. The summed E-state index contributed by atoms with van der Waals surface area (Å²) >= 11 is 0. The van der Waals surface area contributed by atoms with Crippen LogP contribution in [0, 0.1) is 19.8 Å². The summed E-state index contributed by atoms with van der Waals surface area (Å²) in [5, 5.41) is 3.47. The first-order valence-electron chi connectivity index (χ1n) is 14.6. The van der Waals surface area contributed by atoms with Crippen LogP contribution in [0.5, 0.6) is 5.75 Å². The second-order valence-electron chi connectivity index (χ2n) is 12.3. The van der Waals surface area contributed by atoms with Gasteiger partial charge in [-0.05, 0) is 101 Å². The van der Waals surface area contributed by atoms with Crippen molar-refractivity contribution in [2.45, 2.75) is 72.3 Å². The summed E-state index contributed by atoms with van der Waals surface area (Å²) in [6.07, 6.45) is 1.43. The number of aromatic nitrogens is 1. The van der Waals surface area contributed by atoms with E-state index >= 15 is 0 Å². The minimum atomic E-state index is -0.522. The number of benzene rings is 2. The van der Waals surface area contributed by atoms with Crippen molar-refractivity contribution in [3.63, 3.8) is 0 Å². The van der Waals surface area contributed by atoms with Crippen LogP contribution >= 0.6 is 0 Å². The van der Waals surface area contributed by atoms with Crippen LogP contribution < -0.4 is 15.0 Å². The molecule has 3 heterocycles. The van der Waals surface area contributed by atoms with Gasteiger partial charge in [0.25, 0.3) is 0 Å². The second-order valence-corrected chi connectivity index (χ2v) is 12.3. The molecular formula is C34H43N3O4. The van der Waals surface area contributed by atoms with Crippen molar-refractivity contribution in [1.29, 1.82) is 0 Å². The van der Waals surface area contributed by atoms with Gasteiger partial charge in [0.05, 0.1) is 17.7 Å². The van der Waals surface area contributed by atoms with Gasteiger partial charge in [0.2, 0.25) is 0 Å². The third-order valence-electron chi connectivity index (χ3n) is 7.93. The van der Waals surface area contributed by atoms with E-state index in [-0.39, 0.29) is 18.0 Å². The molecule has 0 radical (unpaired) electrons. The zero-order valence-electron chi connectivity index (χ0n) is 25.3. The summed E-state index contributed by atoms with van der Waals surface area (Å²) in [4.78, 5) is 20.1. The number of rotatable bonds is 7. The molecule has 2 atom stereocenters. The van der Waals surface area contributed by atoms with Gasteiger partial charge in [0.1, 0.15) is 23.8 Å². The number of anilines is 1. The van der Waals surface area contributed by atoms with Gasteiger partial charge < -0.3 is 24.4 Å². The topological polar surface area (TPSA) is 72.9 Å². The van der Waals surface area contributed by atoms with Crippen LogP contribution in [0.1, 0.15) is 55.0 Å². The summed E-state index contributed by atoms with van der Waals surface area (Å²) in [7, 11) is 1.66. The number of nitrogens with one attached hydrogen (secondary N) is 1. The highest BCUT2D eigenvalue weighted by Crippen LogP contribution is 2.33. The van der Waals surface area contributed by atoms with E-state index in [4.69, 9.17) is 19.2 Å². The fraction of sp³-hybridized carbons (Fsp3) is 0.471. The SMILES string of the molecule is CO[C@H]1CN(c2cccc(-c3cc(C)ccc3OCc3cc(C)c4c(c3)CCNC4)n2)CC[C@H]1C(=O)OC(C)(C)C. The summed E-state index contributed by atoms with van der Waals surface area (Å²) in [5.74, 6) is 1.19. The van der Waals surface area contributed by atoms with E-state index in [0.717, 1.165) is 47.9 Å². The molecule has 0 bridgehead atoms. The number of hydrogen-bond donors (Lipinski definition) is 1. The van der Waals surface area contributed by atoms with Crippen molar-refractivity contribution in [3.05, 3.63) is 76.3 Å². The Morgan fingerprint density at radius 3 is 2.73 bits per heavy atom. The molecule has 0 spiro atoms. The van der Waals surface area contributed by atoms with Gasteiger partial charge in [0, 0.05) is 32.3 Å². The molecule has 2 aliphatic rings. The summed E-state index contributed by atoms with van der Waals surface area (Å²) in [6.45, 7) is 13.7. The Kier molecular flexibility index (Phi) is 8.66. The van der Waals surface area contributed by atoms with E-state index in [1.807, 2.05) is 45.0 Å². The Hall–Kier alpha value is -3.42. The molecule has 1 fully saturated rings. The molecule has 5 rings (SSSR count). The number of methoxy groups -OCH3 is 1. The molecule has 0 amide bonds. The first-order valence-corrected chi connectivity index (χ1v) is 14.6. The number of piperidine rings is 1. The molecule has 7 nitrogen and oxygen atoms in total. The van der Waals surface area contributed by atoms with Crippen molar-refractivity contribution in [1.82, 2.24) is 10.3 Å². The van der Waals surface area contributed by atoms with E-state index in [1.165, 1.54) is 22.3 Å². The third kappa shape index (κ3) is 6.91. The number of fused-ring (bicyclic) bond motifs is 1. The smallest absolute Gasteiger partial charge is 0.312 e. The minimum Gasteiger partial charge on any atom is -0.488 e. The van der Waals surface area contributed by atoms with Crippen molar-refractivity contribution in [2.75, 3.05) is 31.6 Å². The third-order valence-corrected chi connectivity index (χ3v) is 7.93. The monoisotopic (exact) mass is 557 g/mol. The lowest BCUT2D eigenvalue weighted by atomic mass is 9.93. The Bertz CT molecular complexity index is 1400. The van der Waals surface area contributed by atoms with Crippen LogP contribution in [0.3, 0.4) is 0 Å². The van der Waals surface area contributed by atoms with Crippen molar-refractivity contribution in [2.24, 2.45) is 5.92 Å². The van der Waals surface area contributed by atoms with Gasteiger partial charge >= 0.3 is 5.97 Å². The van der Waals surface area contributed by atoms with Gasteiger partial charge in [-0.3, -0.25) is 4.79 Å². The molecule has 41 heavy (non-hydrogen) atoms. The van der Waals surface area contributed by atoms with Crippen LogP contribution in [0.2, 0.25) is 0 Å². The zero-order valence-corrected chi connectivity index (χ0v) is 25.3. The number of hydrogen-bond acceptors (Lipinski definition) is 7. The molecule has 1 N–H and O–H groups in total. The van der Waals surface area contributed by atoms with E-state index in [1.54, 1.807) is 7.11 Å². The lowest BCUT2D eigenvalue weighted by Gasteiger charge is -2.38. The molecule has 1 saturated heterocycles. The fourth-order valence-electron chi connectivity index (χ4n) is 5.86. The van der Waals surface area contributed by atoms with E-state index < -0.39 is 5.60 Å². The van der Waals surface area contributed by atoms with Gasteiger partial charge in [-0.15, -0.1) is 0 Å². The van der Waals surface area contributed by atoms with E-state index in [9.17, 15) is 4.79 Å². The van der Waals surface area contributed by atoms with Crippen molar-refractivity contribution >= 4 is 11.8 Å². The summed E-state index contributed by atoms with van der Waals surface area (Å²) < 4.78 is 17.9. The highest BCUT2D eigenvalue weighted by atomic mass is 16.6. The molecule has 3 aromatic rings. The van der Waals surface area contributed by atoms with Gasteiger partial charge in [-0.1, -0.05) is 29.8 Å². The minimum absolute atomic E-state index is 0.196. The average Bonchev–Trinajstić information content (AvgIpc) is 2.95. The number of ether oxygens (including phenoxy) is 3. The highest BCUT2D eigenvalue weighted by molar-refractivity contribution is 5.74. The van der Waals surface area contributed by atoms with Gasteiger partial charge in [-0.25, -0.2) is 4.98 Å². The Balaban J connectivity index is 1.34. The first-order chi connectivity index (χ1) is 19.6. The molecule has 1 aromatic heterocycles. The van der Waals surface area contributed by atoms with Gasteiger partial charge in [-0.2, -0.15) is 0 Å². The van der Waals surface area contributed by atoms with E-state index in [0.29, 0.717) is 26.1 Å². The van der Waals surface area contributed by atoms with Crippen LogP contribution in [0.15, 0.2) is 48.5 Å². The predicted octanol–water partition coefficient (Wildman–Crippen LogP) is 5.77. The normalized spacial score (nSPS) is 19.0. The largest absolute Gasteiger partial charge is 0.488 e. The molecule has 0 saturated carbocycles. The summed E-state index contributed by atoms with van der Waals surface area (Å²) in [5.41, 5.74) is 7.80. The summed E-state index contributed by atoms with van der Waals surface area (Å²) in [6, 6.07) is 16.9. The quantitative estimate of drug-likeness (QED) is 0.370. The number of carbonyl (C=O) groups excluding carboxylic acids is 1. The maximum atomic E-state index is 12.8. The molecule has 7 heteroatoms. The lowest BCUT2D eigenvalue weighted by Crippen LogP contribution is -2.49. The Labute approximate surface area is 244 Å². The van der Waals surface area contributed by atoms with Crippen LogP contribution in [-0.4, -0.2) is 49.4 Å². The number of pyridine rings is 1. The molecule has 0 aliphatic carbocycles. The number of aryl methyl sites for hydroxylation is 2. The lowest BCUT2D eigenvalue weighted by molar-refractivity contribution is -0.165. The second kappa shape index (κ2) is 12.2. The Morgan fingerprint density at radius 2 is 1.95 bits per heavy atom. The fourth-order valence-corrected chi connectivity index (χ4v) is 5.86. The maximum Gasteiger partial charge on any atom is 0.312 e. The van der Waals surface area contributed by atoms with Crippen molar-refractivity contribution in [3.8, 4) is 17.0 Å². The molecule has 2 aromatic carbocycles. The average molecular weight is 558 g/mol. The molecule has 2 aliphatic heterocycles. The Morgan fingerprint density at radius 1 is 1.12 bits per heavy atom. The van der Waals surface area contributed by atoms with Crippen LogP contribution in [0.4, 0.5) is 5.82 Å². The number of nitrogens with zero attached hydrogens (tertiary/aromatic N) is 2. The van der Waals surface area contributed by atoms with E-state index in [2.05, 4.69) is 48.3 Å². The molecular weight excluding hydrogens is 514 g/mol. The maximum absolute atomic E-state index is 12.8. The molecule has 218 valence electrons. The highest BCUT2D eigenvalue weighted by Gasteiger charge is 2.37.